The Labute approximate surface area is 205 Å². The highest BCUT2D eigenvalue weighted by Gasteiger charge is 2.40. The van der Waals surface area contributed by atoms with Crippen molar-refractivity contribution in [2.75, 3.05) is 7.05 Å². The van der Waals surface area contributed by atoms with Crippen molar-refractivity contribution in [1.29, 1.82) is 0 Å². The Morgan fingerprint density at radius 1 is 1.06 bits per heavy atom. The first-order valence-corrected chi connectivity index (χ1v) is 12.0. The molecule has 2 amide bonds. The third kappa shape index (κ3) is 4.65. The number of benzene rings is 3. The highest BCUT2D eigenvalue weighted by molar-refractivity contribution is 7.09. The molecule has 176 valence electrons. The minimum absolute atomic E-state index is 0.189. The van der Waals surface area contributed by atoms with Crippen molar-refractivity contribution >= 4 is 23.2 Å². The molecule has 0 spiro atoms. The van der Waals surface area contributed by atoms with Crippen LogP contribution in [0.15, 0.2) is 78.3 Å². The largest absolute Gasteiger partial charge is 0.484 e. The van der Waals surface area contributed by atoms with Crippen LogP contribution in [0.1, 0.15) is 38.5 Å². The van der Waals surface area contributed by atoms with Gasteiger partial charge in [-0.2, -0.15) is 0 Å². The molecule has 2 heterocycles. The molecule has 1 aliphatic rings. The van der Waals surface area contributed by atoms with E-state index in [2.05, 4.69) is 15.6 Å². The lowest BCUT2D eigenvalue weighted by atomic mass is 9.88. The summed E-state index contributed by atoms with van der Waals surface area (Å²) in [6.07, 6.45) is 1.14. The molecule has 2 N–H and O–H groups in total. The van der Waals surface area contributed by atoms with Crippen molar-refractivity contribution < 1.29 is 18.7 Å². The summed E-state index contributed by atoms with van der Waals surface area (Å²) in [4.78, 5) is 29.7. The molecule has 5 rings (SSSR count). The third-order valence-electron chi connectivity index (χ3n) is 5.97. The van der Waals surface area contributed by atoms with Crippen LogP contribution in [-0.4, -0.2) is 23.8 Å². The Balaban J connectivity index is 1.43. The number of ether oxygens (including phenoxy) is 1. The standard InChI is InChI=1S/C27H22FN3O3S/c1-29-27(33)24-21-14-18(7-10-22(21)34-25(24)16-5-8-20(28)9-6-16)17-3-2-4-19(13-17)26(32)31-15-23-30-11-12-35-23/h2-14,24-25H,15H2,1H3,(H,29,33)(H,31,32). The van der Waals surface area contributed by atoms with Gasteiger partial charge in [0, 0.05) is 29.8 Å². The van der Waals surface area contributed by atoms with Crippen LogP contribution in [0.4, 0.5) is 4.39 Å². The van der Waals surface area contributed by atoms with Gasteiger partial charge in [-0.05, 0) is 53.1 Å². The molecule has 3 aromatic carbocycles. The molecule has 2 unspecified atom stereocenters. The average Bonchev–Trinajstić information content (AvgIpc) is 3.55. The maximum Gasteiger partial charge on any atom is 0.251 e. The molecule has 4 aromatic rings. The molecular weight excluding hydrogens is 465 g/mol. The van der Waals surface area contributed by atoms with Gasteiger partial charge in [-0.15, -0.1) is 11.3 Å². The van der Waals surface area contributed by atoms with Crippen LogP contribution in [-0.2, 0) is 11.3 Å². The number of hydrogen-bond donors (Lipinski definition) is 2. The molecule has 1 aromatic heterocycles. The highest BCUT2D eigenvalue weighted by atomic mass is 32.1. The molecule has 2 atom stereocenters. The van der Waals surface area contributed by atoms with Gasteiger partial charge in [0.1, 0.15) is 28.6 Å². The lowest BCUT2D eigenvalue weighted by molar-refractivity contribution is -0.123. The molecule has 0 radical (unpaired) electrons. The smallest absolute Gasteiger partial charge is 0.251 e. The number of fused-ring (bicyclic) bond motifs is 1. The zero-order valence-electron chi connectivity index (χ0n) is 18.8. The van der Waals surface area contributed by atoms with E-state index in [0.717, 1.165) is 27.3 Å². The number of rotatable bonds is 6. The zero-order valence-corrected chi connectivity index (χ0v) is 19.6. The summed E-state index contributed by atoms with van der Waals surface area (Å²) in [5.41, 5.74) is 3.69. The van der Waals surface area contributed by atoms with E-state index in [-0.39, 0.29) is 17.6 Å². The average molecular weight is 488 g/mol. The summed E-state index contributed by atoms with van der Waals surface area (Å²) in [5, 5.41) is 8.31. The molecule has 35 heavy (non-hydrogen) atoms. The van der Waals surface area contributed by atoms with E-state index in [4.69, 9.17) is 4.74 Å². The molecule has 0 saturated carbocycles. The Bertz CT molecular complexity index is 1370. The van der Waals surface area contributed by atoms with Crippen LogP contribution in [0, 0.1) is 5.82 Å². The van der Waals surface area contributed by atoms with Crippen molar-refractivity contribution in [3.8, 4) is 16.9 Å². The zero-order chi connectivity index (χ0) is 24.4. The van der Waals surface area contributed by atoms with Gasteiger partial charge < -0.3 is 15.4 Å². The summed E-state index contributed by atoms with van der Waals surface area (Å²) in [7, 11) is 1.58. The third-order valence-corrected chi connectivity index (χ3v) is 6.75. The number of nitrogens with one attached hydrogen (secondary N) is 2. The monoisotopic (exact) mass is 487 g/mol. The Morgan fingerprint density at radius 3 is 2.60 bits per heavy atom. The Morgan fingerprint density at radius 2 is 1.86 bits per heavy atom. The van der Waals surface area contributed by atoms with Crippen LogP contribution in [0.3, 0.4) is 0 Å². The summed E-state index contributed by atoms with van der Waals surface area (Å²) >= 11 is 1.49. The first-order valence-electron chi connectivity index (χ1n) is 11.1. The molecule has 0 saturated heterocycles. The van der Waals surface area contributed by atoms with Gasteiger partial charge in [0.05, 0.1) is 6.54 Å². The number of aromatic nitrogens is 1. The van der Waals surface area contributed by atoms with Gasteiger partial charge in [-0.1, -0.05) is 30.3 Å². The van der Waals surface area contributed by atoms with Crippen molar-refractivity contribution in [3.63, 3.8) is 0 Å². The van der Waals surface area contributed by atoms with E-state index in [1.807, 2.05) is 41.8 Å². The summed E-state index contributed by atoms with van der Waals surface area (Å²) < 4.78 is 19.6. The number of carbonyl (C=O) groups is 2. The quantitative estimate of drug-likeness (QED) is 0.408. The maximum atomic E-state index is 13.5. The summed E-state index contributed by atoms with van der Waals surface area (Å²) in [6.45, 7) is 0.371. The predicted octanol–water partition coefficient (Wildman–Crippen LogP) is 4.84. The van der Waals surface area contributed by atoms with Gasteiger partial charge in [-0.3, -0.25) is 9.59 Å². The number of hydrogen-bond acceptors (Lipinski definition) is 5. The number of carbonyl (C=O) groups excluding carboxylic acids is 2. The molecule has 0 aliphatic carbocycles. The van der Waals surface area contributed by atoms with Crippen molar-refractivity contribution in [3.05, 3.63) is 106 Å². The van der Waals surface area contributed by atoms with E-state index in [1.54, 1.807) is 31.4 Å². The van der Waals surface area contributed by atoms with Crippen LogP contribution in [0.5, 0.6) is 5.75 Å². The first-order chi connectivity index (χ1) is 17.0. The van der Waals surface area contributed by atoms with Crippen molar-refractivity contribution in [2.24, 2.45) is 0 Å². The minimum atomic E-state index is -0.592. The van der Waals surface area contributed by atoms with E-state index in [1.165, 1.54) is 23.5 Å². The van der Waals surface area contributed by atoms with Gasteiger partial charge in [0.2, 0.25) is 5.91 Å². The molecule has 6 nitrogen and oxygen atoms in total. The molecule has 0 bridgehead atoms. The second kappa shape index (κ2) is 9.68. The van der Waals surface area contributed by atoms with Crippen molar-refractivity contribution in [1.82, 2.24) is 15.6 Å². The fourth-order valence-corrected chi connectivity index (χ4v) is 4.79. The van der Waals surface area contributed by atoms with Crippen LogP contribution in [0.2, 0.25) is 0 Å². The number of nitrogens with zero attached hydrogens (tertiary/aromatic N) is 1. The fraction of sp³-hybridized carbons (Fsp3) is 0.148. The molecule has 1 aliphatic heterocycles. The van der Waals surface area contributed by atoms with Crippen LogP contribution < -0.4 is 15.4 Å². The van der Waals surface area contributed by atoms with Crippen LogP contribution >= 0.6 is 11.3 Å². The van der Waals surface area contributed by atoms with Crippen LogP contribution in [0.25, 0.3) is 11.1 Å². The fourth-order valence-electron chi connectivity index (χ4n) is 4.23. The topological polar surface area (TPSA) is 80.3 Å². The SMILES string of the molecule is CNC(=O)C1c2cc(-c3cccc(C(=O)NCc4nccs4)c3)ccc2OC1c1ccc(F)cc1. The Hall–Kier alpha value is -4.04. The number of thiazole rings is 1. The first kappa shape index (κ1) is 22.7. The lowest BCUT2D eigenvalue weighted by Crippen LogP contribution is -2.28. The normalized spacial score (nSPS) is 16.3. The van der Waals surface area contributed by atoms with Gasteiger partial charge in [0.15, 0.2) is 0 Å². The van der Waals surface area contributed by atoms with E-state index < -0.39 is 12.0 Å². The predicted molar refractivity (Wildman–Crippen MR) is 132 cm³/mol. The van der Waals surface area contributed by atoms with E-state index >= 15 is 0 Å². The maximum absolute atomic E-state index is 13.5. The minimum Gasteiger partial charge on any atom is -0.484 e. The van der Waals surface area contributed by atoms with Gasteiger partial charge in [-0.25, -0.2) is 9.37 Å². The van der Waals surface area contributed by atoms with E-state index in [9.17, 15) is 14.0 Å². The Kier molecular flexibility index (Phi) is 6.29. The summed E-state index contributed by atoms with van der Waals surface area (Å²) in [6, 6.07) is 19.0. The summed E-state index contributed by atoms with van der Waals surface area (Å²) in [5.74, 6) is -0.713. The molecular formula is C27H22FN3O3S. The van der Waals surface area contributed by atoms with Gasteiger partial charge >= 0.3 is 0 Å². The number of amides is 2. The van der Waals surface area contributed by atoms with Crippen molar-refractivity contribution in [2.45, 2.75) is 18.6 Å². The molecule has 0 fully saturated rings. The highest BCUT2D eigenvalue weighted by Crippen LogP contribution is 2.47. The number of halogens is 1. The number of likely N-dealkylation sites (N-methyl/N-ethyl adjacent to an activating group) is 1. The van der Waals surface area contributed by atoms with E-state index in [0.29, 0.717) is 17.9 Å². The molecule has 8 heteroatoms. The van der Waals surface area contributed by atoms with Gasteiger partial charge in [0.25, 0.3) is 5.91 Å². The lowest BCUT2D eigenvalue weighted by Gasteiger charge is -2.18. The second-order valence-electron chi connectivity index (χ2n) is 8.12. The second-order valence-corrected chi connectivity index (χ2v) is 9.10.